The Morgan fingerprint density at radius 1 is 0.868 bits per heavy atom. The molecule has 1 aromatic heterocycles. The van der Waals surface area contributed by atoms with Crippen molar-refractivity contribution in [3.05, 3.63) is 102 Å². The van der Waals surface area contributed by atoms with Gasteiger partial charge in [-0.1, -0.05) is 36.4 Å². The van der Waals surface area contributed by atoms with Crippen LogP contribution in [0.1, 0.15) is 21.6 Å². The van der Waals surface area contributed by atoms with Crippen molar-refractivity contribution in [1.29, 1.82) is 0 Å². The highest BCUT2D eigenvalue weighted by molar-refractivity contribution is 7.98. The second-order valence-corrected chi connectivity index (χ2v) is 10.7. The Kier molecular flexibility index (Phi) is 8.11. The standard InChI is InChI=1S/C32H34N4OS/c1-23-10-11-28(21-31(23)38-3)32(37)34-22-29-19-27(12-13-33-29)25-7-4-6-24(18-25)26-8-5-9-30(20-26)36-16-14-35(2)15-17-36/h4-13,18-21H,14-17,22H2,1-3H3,(H,34,37). The summed E-state index contributed by atoms with van der Waals surface area (Å²) in [7, 11) is 2.18. The summed E-state index contributed by atoms with van der Waals surface area (Å²) in [6, 6.07) is 27.4. The Bertz CT molecular complexity index is 1430. The molecule has 1 N–H and O–H groups in total. The molecule has 5 rings (SSSR count). The first-order chi connectivity index (χ1) is 18.5. The number of carbonyl (C=O) groups excluding carboxylic acids is 1. The molecule has 1 saturated heterocycles. The summed E-state index contributed by atoms with van der Waals surface area (Å²) < 4.78 is 0. The molecule has 3 aromatic carbocycles. The third kappa shape index (κ3) is 6.09. The molecule has 1 fully saturated rings. The van der Waals surface area contributed by atoms with Crippen molar-refractivity contribution in [3.63, 3.8) is 0 Å². The smallest absolute Gasteiger partial charge is 0.251 e. The molecule has 0 unspecified atom stereocenters. The number of pyridine rings is 1. The number of nitrogens with one attached hydrogen (secondary N) is 1. The van der Waals surface area contributed by atoms with E-state index in [1.807, 2.05) is 36.7 Å². The fraction of sp³-hybridized carbons (Fsp3) is 0.250. The molecule has 0 atom stereocenters. The van der Waals surface area contributed by atoms with Crippen LogP contribution < -0.4 is 10.2 Å². The van der Waals surface area contributed by atoms with Crippen molar-refractivity contribution in [2.45, 2.75) is 18.4 Å². The maximum atomic E-state index is 12.8. The maximum absolute atomic E-state index is 12.8. The number of amides is 1. The molecular weight excluding hydrogens is 488 g/mol. The lowest BCUT2D eigenvalue weighted by molar-refractivity contribution is 0.0950. The number of hydrogen-bond acceptors (Lipinski definition) is 5. The van der Waals surface area contributed by atoms with E-state index in [0.29, 0.717) is 12.1 Å². The molecule has 2 heterocycles. The Morgan fingerprint density at radius 2 is 1.55 bits per heavy atom. The molecule has 6 heteroatoms. The zero-order valence-corrected chi connectivity index (χ0v) is 23.1. The van der Waals surface area contributed by atoms with Crippen LogP contribution in [-0.4, -0.2) is 55.3 Å². The average Bonchev–Trinajstić information content (AvgIpc) is 2.97. The fourth-order valence-electron chi connectivity index (χ4n) is 4.81. The van der Waals surface area contributed by atoms with E-state index in [2.05, 4.69) is 88.7 Å². The van der Waals surface area contributed by atoms with Gasteiger partial charge in [0.05, 0.1) is 12.2 Å². The molecule has 1 amide bonds. The SMILES string of the molecule is CSc1cc(C(=O)NCc2cc(-c3cccc(-c4cccc(N5CCN(C)CC5)c4)c3)ccn2)ccc1C. The third-order valence-corrected chi connectivity index (χ3v) is 8.04. The number of thioether (sulfide) groups is 1. The third-order valence-electron chi connectivity index (χ3n) is 7.16. The monoisotopic (exact) mass is 522 g/mol. The first-order valence-corrected chi connectivity index (χ1v) is 14.2. The summed E-state index contributed by atoms with van der Waals surface area (Å²) in [5.41, 5.74) is 8.57. The fourth-order valence-corrected chi connectivity index (χ4v) is 5.45. The number of likely N-dealkylation sites (N-methyl/N-ethyl adjacent to an activating group) is 1. The van der Waals surface area contributed by atoms with E-state index in [4.69, 9.17) is 0 Å². The zero-order valence-electron chi connectivity index (χ0n) is 22.3. The van der Waals surface area contributed by atoms with Crippen molar-refractivity contribution in [3.8, 4) is 22.3 Å². The number of benzene rings is 3. The van der Waals surface area contributed by atoms with Gasteiger partial charge in [0.1, 0.15) is 0 Å². The quantitative estimate of drug-likeness (QED) is 0.296. The number of piperazine rings is 1. The van der Waals surface area contributed by atoms with E-state index in [-0.39, 0.29) is 5.91 Å². The van der Waals surface area contributed by atoms with Gasteiger partial charge in [-0.05, 0) is 90.5 Å². The molecule has 0 spiro atoms. The van der Waals surface area contributed by atoms with E-state index < -0.39 is 0 Å². The van der Waals surface area contributed by atoms with Gasteiger partial charge in [-0.15, -0.1) is 11.8 Å². The van der Waals surface area contributed by atoms with Crippen molar-refractivity contribution < 1.29 is 4.79 Å². The summed E-state index contributed by atoms with van der Waals surface area (Å²) in [4.78, 5) is 23.2. The van der Waals surface area contributed by atoms with E-state index >= 15 is 0 Å². The van der Waals surface area contributed by atoms with Crippen LogP contribution in [0.4, 0.5) is 5.69 Å². The van der Waals surface area contributed by atoms with Gasteiger partial charge in [-0.25, -0.2) is 0 Å². The van der Waals surface area contributed by atoms with Crippen LogP contribution in [0.2, 0.25) is 0 Å². The van der Waals surface area contributed by atoms with Gasteiger partial charge in [0.15, 0.2) is 0 Å². The molecule has 1 aliphatic heterocycles. The highest BCUT2D eigenvalue weighted by atomic mass is 32.2. The largest absolute Gasteiger partial charge is 0.369 e. The second-order valence-electron chi connectivity index (χ2n) is 9.82. The number of aryl methyl sites for hydroxylation is 1. The van der Waals surface area contributed by atoms with Crippen LogP contribution in [0.15, 0.2) is 90.0 Å². The molecule has 1 aliphatic rings. The van der Waals surface area contributed by atoms with E-state index in [9.17, 15) is 4.79 Å². The molecule has 38 heavy (non-hydrogen) atoms. The van der Waals surface area contributed by atoms with Crippen LogP contribution in [0, 0.1) is 6.92 Å². The second kappa shape index (κ2) is 11.8. The van der Waals surface area contributed by atoms with Gasteiger partial charge in [-0.2, -0.15) is 0 Å². The van der Waals surface area contributed by atoms with Crippen LogP contribution in [-0.2, 0) is 6.54 Å². The topological polar surface area (TPSA) is 48.5 Å². The minimum atomic E-state index is -0.0882. The first kappa shape index (κ1) is 26.0. The summed E-state index contributed by atoms with van der Waals surface area (Å²) >= 11 is 1.65. The lowest BCUT2D eigenvalue weighted by Crippen LogP contribution is -2.44. The molecule has 0 aliphatic carbocycles. The summed E-state index contributed by atoms with van der Waals surface area (Å²) in [5, 5.41) is 3.02. The number of hydrogen-bond donors (Lipinski definition) is 1. The highest BCUT2D eigenvalue weighted by Gasteiger charge is 2.15. The summed E-state index contributed by atoms with van der Waals surface area (Å²) in [6.07, 6.45) is 3.84. The predicted molar refractivity (Wildman–Crippen MR) is 159 cm³/mol. The van der Waals surface area contributed by atoms with Gasteiger partial charge in [0, 0.05) is 48.5 Å². The molecular formula is C32H34N4OS. The molecule has 0 saturated carbocycles. The summed E-state index contributed by atoms with van der Waals surface area (Å²) in [5.74, 6) is -0.0882. The van der Waals surface area contributed by atoms with Gasteiger partial charge in [-0.3, -0.25) is 9.78 Å². The molecule has 0 bridgehead atoms. The van der Waals surface area contributed by atoms with Crippen molar-refractivity contribution >= 4 is 23.4 Å². The average molecular weight is 523 g/mol. The van der Waals surface area contributed by atoms with E-state index in [1.54, 1.807) is 11.8 Å². The lowest BCUT2D eigenvalue weighted by Gasteiger charge is -2.34. The van der Waals surface area contributed by atoms with Gasteiger partial charge in [0.25, 0.3) is 5.91 Å². The zero-order chi connectivity index (χ0) is 26.5. The minimum absolute atomic E-state index is 0.0882. The number of anilines is 1. The van der Waals surface area contributed by atoms with Crippen molar-refractivity contribution in [2.75, 3.05) is 44.4 Å². The molecule has 0 radical (unpaired) electrons. The molecule has 4 aromatic rings. The van der Waals surface area contributed by atoms with Crippen LogP contribution in [0.25, 0.3) is 22.3 Å². The minimum Gasteiger partial charge on any atom is -0.369 e. The van der Waals surface area contributed by atoms with E-state index in [0.717, 1.165) is 47.9 Å². The molecule has 5 nitrogen and oxygen atoms in total. The number of nitrogens with zero attached hydrogens (tertiary/aromatic N) is 3. The highest BCUT2D eigenvalue weighted by Crippen LogP contribution is 2.29. The summed E-state index contributed by atoms with van der Waals surface area (Å²) in [6.45, 7) is 6.73. The Labute approximate surface area is 229 Å². The van der Waals surface area contributed by atoms with E-state index in [1.165, 1.54) is 22.4 Å². The van der Waals surface area contributed by atoms with Gasteiger partial charge in [0.2, 0.25) is 0 Å². The number of carbonyl (C=O) groups is 1. The van der Waals surface area contributed by atoms with Crippen molar-refractivity contribution in [1.82, 2.24) is 15.2 Å². The number of aromatic nitrogens is 1. The maximum Gasteiger partial charge on any atom is 0.251 e. The Balaban J connectivity index is 1.30. The number of rotatable bonds is 7. The van der Waals surface area contributed by atoms with Crippen LogP contribution >= 0.6 is 11.8 Å². The van der Waals surface area contributed by atoms with Gasteiger partial charge < -0.3 is 15.1 Å². The first-order valence-electron chi connectivity index (χ1n) is 13.0. The predicted octanol–water partition coefficient (Wildman–Crippen LogP) is 6.13. The van der Waals surface area contributed by atoms with Crippen LogP contribution in [0.3, 0.4) is 0 Å². The lowest BCUT2D eigenvalue weighted by atomic mass is 9.98. The van der Waals surface area contributed by atoms with Crippen molar-refractivity contribution in [2.24, 2.45) is 0 Å². The van der Waals surface area contributed by atoms with Crippen LogP contribution in [0.5, 0.6) is 0 Å². The van der Waals surface area contributed by atoms with Gasteiger partial charge >= 0.3 is 0 Å². The Hall–Kier alpha value is -3.61. The molecule has 194 valence electrons. The normalized spacial score (nSPS) is 13.9. The Morgan fingerprint density at radius 3 is 2.29 bits per heavy atom.